The fourth-order valence-corrected chi connectivity index (χ4v) is 4.25. The van der Waals surface area contributed by atoms with Gasteiger partial charge < -0.3 is 14.6 Å². The lowest BCUT2D eigenvalue weighted by molar-refractivity contribution is -0.115. The molecule has 164 valence electrons. The molecule has 8 nitrogen and oxygen atoms in total. The Hall–Kier alpha value is -3.43. The quantitative estimate of drug-likeness (QED) is 0.379. The van der Waals surface area contributed by atoms with Crippen LogP contribution in [-0.4, -0.2) is 39.5 Å². The van der Waals surface area contributed by atoms with Crippen LogP contribution in [0.15, 0.2) is 76.4 Å². The first-order chi connectivity index (χ1) is 15.7. The molecule has 0 saturated heterocycles. The predicted molar refractivity (Wildman–Crippen MR) is 122 cm³/mol. The van der Waals surface area contributed by atoms with Crippen molar-refractivity contribution in [3.63, 3.8) is 0 Å². The molecule has 0 aliphatic rings. The van der Waals surface area contributed by atoms with Gasteiger partial charge in [0.1, 0.15) is 11.0 Å². The number of carbonyl (C=O) groups is 1. The Morgan fingerprint density at radius 3 is 2.50 bits per heavy atom. The summed E-state index contributed by atoms with van der Waals surface area (Å²) in [5, 5.41) is 15.6. The molecule has 0 radical (unpaired) electrons. The molecule has 0 spiro atoms. The van der Waals surface area contributed by atoms with E-state index in [9.17, 15) is 4.79 Å². The Morgan fingerprint density at radius 2 is 1.84 bits per heavy atom. The molecule has 0 aliphatic heterocycles. The van der Waals surface area contributed by atoms with Crippen molar-refractivity contribution < 1.29 is 14.1 Å². The van der Waals surface area contributed by atoms with E-state index in [1.165, 1.54) is 11.8 Å². The maximum absolute atomic E-state index is 13.2. The molecule has 0 saturated carbocycles. The van der Waals surface area contributed by atoms with E-state index in [1.807, 2.05) is 65.2 Å². The number of thioether (sulfide) groups is 1. The lowest BCUT2D eigenvalue weighted by Gasteiger charge is -2.17. The molecule has 4 aromatic rings. The molecule has 32 heavy (non-hydrogen) atoms. The normalized spacial score (nSPS) is 11.9. The highest BCUT2D eigenvalue weighted by Crippen LogP contribution is 2.36. The summed E-state index contributed by atoms with van der Waals surface area (Å²) >= 11 is 1.33. The minimum atomic E-state index is -0.567. The predicted octanol–water partition coefficient (Wildman–Crippen LogP) is 4.36. The first-order valence-electron chi connectivity index (χ1n) is 10.1. The largest absolute Gasteiger partial charge is 0.383 e. The number of hydrogen-bond acceptors (Lipinski definition) is 7. The number of nitrogens with zero attached hydrogens (tertiary/aromatic N) is 4. The third kappa shape index (κ3) is 5.06. The molecule has 0 fully saturated rings. The second-order valence-corrected chi connectivity index (χ2v) is 8.11. The molecule has 1 N–H and O–H groups in total. The zero-order chi connectivity index (χ0) is 22.3. The Morgan fingerprint density at radius 1 is 1.12 bits per heavy atom. The number of hydrogen-bond donors (Lipinski definition) is 1. The van der Waals surface area contributed by atoms with E-state index in [1.54, 1.807) is 20.1 Å². The molecule has 2 heterocycles. The summed E-state index contributed by atoms with van der Waals surface area (Å²) in [5.41, 5.74) is 1.79. The third-order valence-corrected chi connectivity index (χ3v) is 5.95. The highest BCUT2D eigenvalue weighted by molar-refractivity contribution is 8.00. The number of methoxy groups -OCH3 is 1. The Kier molecular flexibility index (Phi) is 6.98. The van der Waals surface area contributed by atoms with Crippen LogP contribution < -0.4 is 5.32 Å². The van der Waals surface area contributed by atoms with Gasteiger partial charge in [0.05, 0.1) is 13.2 Å². The Labute approximate surface area is 190 Å². The van der Waals surface area contributed by atoms with Crippen molar-refractivity contribution in [1.29, 1.82) is 0 Å². The van der Waals surface area contributed by atoms with Gasteiger partial charge in [0.25, 0.3) is 0 Å². The lowest BCUT2D eigenvalue weighted by atomic mass is 10.1. The number of ether oxygens (including phenoxy) is 1. The van der Waals surface area contributed by atoms with Gasteiger partial charge in [-0.3, -0.25) is 9.36 Å². The van der Waals surface area contributed by atoms with Gasteiger partial charge >= 0.3 is 0 Å². The number of aromatic nitrogens is 4. The summed E-state index contributed by atoms with van der Waals surface area (Å²) in [6.07, 6.45) is 0. The number of carbonyl (C=O) groups excluding carboxylic acids is 1. The number of aryl methyl sites for hydroxylation is 1. The van der Waals surface area contributed by atoms with E-state index < -0.39 is 5.25 Å². The van der Waals surface area contributed by atoms with Crippen LogP contribution in [0.3, 0.4) is 0 Å². The van der Waals surface area contributed by atoms with Crippen LogP contribution in [0, 0.1) is 6.92 Å². The van der Waals surface area contributed by atoms with Gasteiger partial charge in [-0.1, -0.05) is 77.6 Å². The monoisotopic (exact) mass is 449 g/mol. The summed E-state index contributed by atoms with van der Waals surface area (Å²) in [6.45, 7) is 2.82. The van der Waals surface area contributed by atoms with E-state index in [2.05, 4.69) is 20.7 Å². The summed E-state index contributed by atoms with van der Waals surface area (Å²) in [5.74, 6) is 1.50. The molecule has 1 unspecified atom stereocenters. The Balaban J connectivity index is 1.67. The second-order valence-electron chi connectivity index (χ2n) is 7.04. The molecule has 2 aromatic carbocycles. The van der Waals surface area contributed by atoms with Crippen molar-refractivity contribution in [3.05, 3.63) is 78.1 Å². The molecule has 2 aromatic heterocycles. The number of anilines is 1. The molecular formula is C23H23N5O3S. The molecule has 1 amide bonds. The topological polar surface area (TPSA) is 95.1 Å². The SMILES string of the molecule is COCCn1c(SC(C(=O)Nc2cc(C)on2)c2ccccc2)nnc1-c1ccccc1. The van der Waals surface area contributed by atoms with Crippen LogP contribution in [0.25, 0.3) is 11.4 Å². The smallest absolute Gasteiger partial charge is 0.243 e. The first kappa shape index (κ1) is 21.8. The van der Waals surface area contributed by atoms with E-state index in [0.717, 1.165) is 17.0 Å². The maximum Gasteiger partial charge on any atom is 0.243 e. The Bertz CT molecular complexity index is 1160. The van der Waals surface area contributed by atoms with Crippen LogP contribution in [0.2, 0.25) is 0 Å². The van der Waals surface area contributed by atoms with E-state index >= 15 is 0 Å². The average Bonchev–Trinajstić information content (AvgIpc) is 3.42. The van der Waals surface area contributed by atoms with E-state index in [0.29, 0.717) is 29.9 Å². The fourth-order valence-electron chi connectivity index (χ4n) is 3.18. The maximum atomic E-state index is 13.2. The second kappa shape index (κ2) is 10.3. The molecule has 4 rings (SSSR count). The number of nitrogens with one attached hydrogen (secondary N) is 1. The number of amides is 1. The fraction of sp³-hybridized carbons (Fsp3) is 0.217. The molecule has 0 bridgehead atoms. The van der Waals surface area contributed by atoms with Gasteiger partial charge in [0, 0.05) is 18.7 Å². The summed E-state index contributed by atoms with van der Waals surface area (Å²) in [6, 6.07) is 21.1. The average molecular weight is 450 g/mol. The van der Waals surface area contributed by atoms with Crippen LogP contribution in [0.1, 0.15) is 16.6 Å². The van der Waals surface area contributed by atoms with Gasteiger partial charge in [0.2, 0.25) is 5.91 Å². The van der Waals surface area contributed by atoms with Gasteiger partial charge in [0.15, 0.2) is 16.8 Å². The van der Waals surface area contributed by atoms with Crippen molar-refractivity contribution in [1.82, 2.24) is 19.9 Å². The molecular weight excluding hydrogens is 426 g/mol. The zero-order valence-corrected chi connectivity index (χ0v) is 18.6. The van der Waals surface area contributed by atoms with E-state index in [4.69, 9.17) is 9.26 Å². The molecule has 1 atom stereocenters. The zero-order valence-electron chi connectivity index (χ0n) is 17.8. The van der Waals surface area contributed by atoms with Crippen molar-refractivity contribution in [2.75, 3.05) is 19.0 Å². The van der Waals surface area contributed by atoms with Crippen LogP contribution >= 0.6 is 11.8 Å². The molecule has 0 aliphatic carbocycles. The van der Waals surface area contributed by atoms with Crippen LogP contribution in [-0.2, 0) is 16.1 Å². The van der Waals surface area contributed by atoms with E-state index in [-0.39, 0.29) is 5.91 Å². The summed E-state index contributed by atoms with van der Waals surface area (Å²) < 4.78 is 12.3. The van der Waals surface area contributed by atoms with Gasteiger partial charge in [-0.25, -0.2) is 0 Å². The number of rotatable bonds is 9. The highest BCUT2D eigenvalue weighted by Gasteiger charge is 2.26. The minimum absolute atomic E-state index is 0.225. The van der Waals surface area contributed by atoms with Crippen LogP contribution in [0.5, 0.6) is 0 Å². The lowest BCUT2D eigenvalue weighted by Crippen LogP contribution is -2.20. The van der Waals surface area contributed by atoms with Crippen molar-refractivity contribution in [3.8, 4) is 11.4 Å². The first-order valence-corrected chi connectivity index (χ1v) is 11.0. The van der Waals surface area contributed by atoms with Gasteiger partial charge in [-0.2, -0.15) is 0 Å². The van der Waals surface area contributed by atoms with Crippen molar-refractivity contribution in [2.45, 2.75) is 23.9 Å². The summed E-state index contributed by atoms with van der Waals surface area (Å²) in [7, 11) is 1.65. The standard InChI is InChI=1S/C23H23N5O3S/c1-16-15-19(27-31-16)24-22(29)20(17-9-5-3-6-10-17)32-23-26-25-21(28(23)13-14-30-2)18-11-7-4-8-12-18/h3-12,15,20H,13-14H2,1-2H3,(H,24,27,29). The minimum Gasteiger partial charge on any atom is -0.383 e. The van der Waals surface area contributed by atoms with Crippen LogP contribution in [0.4, 0.5) is 5.82 Å². The highest BCUT2D eigenvalue weighted by atomic mass is 32.2. The molecule has 9 heteroatoms. The third-order valence-electron chi connectivity index (χ3n) is 4.71. The van der Waals surface area contributed by atoms with Crippen molar-refractivity contribution >= 4 is 23.5 Å². The number of benzene rings is 2. The van der Waals surface area contributed by atoms with Gasteiger partial charge in [-0.05, 0) is 12.5 Å². The van der Waals surface area contributed by atoms with Crippen molar-refractivity contribution in [2.24, 2.45) is 0 Å². The van der Waals surface area contributed by atoms with Gasteiger partial charge in [-0.15, -0.1) is 10.2 Å². The summed E-state index contributed by atoms with van der Waals surface area (Å²) in [4.78, 5) is 13.2.